The molecule has 0 heterocycles. The molecule has 0 N–H and O–H groups in total. The number of esters is 1. The Morgan fingerprint density at radius 3 is 2.65 bits per heavy atom. The Hall–Kier alpha value is -1.53. The lowest BCUT2D eigenvalue weighted by atomic mass is 10.2. The Kier molecular flexibility index (Phi) is 6.04. The summed E-state index contributed by atoms with van der Waals surface area (Å²) in [7, 11) is 1.30. The standard InChI is InChI=1S/C14H19NO4S/c1-14(2,3)20(17)15-9-11-7-5-6-8-12(11)19-10-13(16)18-4/h5-9H,10H2,1-4H3/b15-9+/t20-/m0/s1. The van der Waals surface area contributed by atoms with Gasteiger partial charge in [0.1, 0.15) is 21.9 Å². The maximum absolute atomic E-state index is 11.9. The predicted octanol–water partition coefficient (Wildman–Crippen LogP) is 2.12. The summed E-state index contributed by atoms with van der Waals surface area (Å²) >= 11 is -1.34. The molecule has 1 aromatic rings. The minimum absolute atomic E-state index is 0.177. The van der Waals surface area contributed by atoms with Crippen LogP contribution in [-0.4, -0.2) is 35.2 Å². The molecule has 0 aliphatic carbocycles. The van der Waals surface area contributed by atoms with Gasteiger partial charge in [-0.05, 0) is 32.9 Å². The van der Waals surface area contributed by atoms with Gasteiger partial charge in [0.05, 0.1) is 13.3 Å². The summed E-state index contributed by atoms with van der Waals surface area (Å²) in [6.45, 7) is 5.37. The molecule has 0 saturated carbocycles. The van der Waals surface area contributed by atoms with Crippen molar-refractivity contribution in [3.8, 4) is 5.75 Å². The molecule has 1 rings (SSSR count). The van der Waals surface area contributed by atoms with Gasteiger partial charge in [-0.1, -0.05) is 16.5 Å². The average Bonchev–Trinajstić information content (AvgIpc) is 2.41. The van der Waals surface area contributed by atoms with Crippen molar-refractivity contribution in [1.29, 1.82) is 0 Å². The van der Waals surface area contributed by atoms with Gasteiger partial charge >= 0.3 is 5.97 Å². The molecule has 0 spiro atoms. The largest absolute Gasteiger partial charge is 0.591 e. The molecule has 0 amide bonds. The van der Waals surface area contributed by atoms with Crippen LogP contribution in [0.2, 0.25) is 0 Å². The maximum atomic E-state index is 11.9. The van der Waals surface area contributed by atoms with Crippen molar-refractivity contribution in [2.45, 2.75) is 25.5 Å². The molecule has 1 aromatic carbocycles. The van der Waals surface area contributed by atoms with E-state index in [4.69, 9.17) is 4.74 Å². The molecule has 110 valence electrons. The second kappa shape index (κ2) is 7.31. The number of para-hydroxylation sites is 1. The lowest BCUT2D eigenvalue weighted by molar-refractivity contribution is -0.142. The van der Waals surface area contributed by atoms with Crippen LogP contribution < -0.4 is 4.74 Å². The second-order valence-electron chi connectivity index (χ2n) is 5.00. The first kappa shape index (κ1) is 16.5. The van der Waals surface area contributed by atoms with Crippen LogP contribution in [0.25, 0.3) is 0 Å². The first-order chi connectivity index (χ1) is 9.34. The van der Waals surface area contributed by atoms with Crippen molar-refractivity contribution in [1.82, 2.24) is 0 Å². The summed E-state index contributed by atoms with van der Waals surface area (Å²) in [6, 6.07) is 7.08. The Morgan fingerprint density at radius 2 is 2.05 bits per heavy atom. The van der Waals surface area contributed by atoms with Gasteiger partial charge in [0, 0.05) is 5.56 Å². The normalized spacial score (nSPS) is 13.2. The van der Waals surface area contributed by atoms with Crippen LogP contribution in [0, 0.1) is 0 Å². The Labute approximate surface area is 122 Å². The molecule has 0 radical (unpaired) electrons. The van der Waals surface area contributed by atoms with Gasteiger partial charge in [-0.15, -0.1) is 0 Å². The zero-order valence-corrected chi connectivity index (χ0v) is 12.9. The summed E-state index contributed by atoms with van der Waals surface area (Å²) in [5.41, 5.74) is 0.661. The Morgan fingerprint density at radius 1 is 1.40 bits per heavy atom. The van der Waals surface area contributed by atoms with Gasteiger partial charge in [0.2, 0.25) is 0 Å². The summed E-state index contributed by atoms with van der Waals surface area (Å²) in [6.07, 6.45) is 1.49. The van der Waals surface area contributed by atoms with E-state index in [0.29, 0.717) is 11.3 Å². The van der Waals surface area contributed by atoms with Crippen molar-refractivity contribution in [3.63, 3.8) is 0 Å². The fourth-order valence-corrected chi connectivity index (χ4v) is 1.70. The number of carbonyl (C=O) groups excluding carboxylic acids is 1. The fourth-order valence-electron chi connectivity index (χ4n) is 1.18. The molecule has 0 aromatic heterocycles. The SMILES string of the molecule is COC(=O)COc1ccccc1/C=N/[S@@+]([O-])C(C)(C)C. The van der Waals surface area contributed by atoms with E-state index in [1.807, 2.05) is 26.8 Å². The van der Waals surface area contributed by atoms with Crippen LogP contribution in [0.4, 0.5) is 0 Å². The quantitative estimate of drug-likeness (QED) is 0.474. The van der Waals surface area contributed by atoms with Crippen molar-refractivity contribution < 1.29 is 18.8 Å². The first-order valence-electron chi connectivity index (χ1n) is 6.09. The van der Waals surface area contributed by atoms with Crippen molar-refractivity contribution in [3.05, 3.63) is 29.8 Å². The van der Waals surface area contributed by atoms with Crippen molar-refractivity contribution in [2.24, 2.45) is 4.40 Å². The lowest BCUT2D eigenvalue weighted by Gasteiger charge is -2.17. The van der Waals surface area contributed by atoms with Gasteiger partial charge in [-0.25, -0.2) is 4.79 Å². The van der Waals surface area contributed by atoms with E-state index >= 15 is 0 Å². The topological polar surface area (TPSA) is 71.0 Å². The number of benzene rings is 1. The molecule has 0 fully saturated rings. The van der Waals surface area contributed by atoms with Crippen LogP contribution in [-0.2, 0) is 20.9 Å². The van der Waals surface area contributed by atoms with Gasteiger partial charge in [-0.3, -0.25) is 0 Å². The molecule has 0 unspecified atom stereocenters. The highest BCUT2D eigenvalue weighted by atomic mass is 32.2. The number of carbonyl (C=O) groups is 1. The molecular formula is C14H19NO4S. The van der Waals surface area contributed by atoms with E-state index < -0.39 is 22.1 Å². The molecule has 5 nitrogen and oxygen atoms in total. The van der Waals surface area contributed by atoms with Crippen molar-refractivity contribution in [2.75, 3.05) is 13.7 Å². The predicted molar refractivity (Wildman–Crippen MR) is 79.4 cm³/mol. The highest BCUT2D eigenvalue weighted by Crippen LogP contribution is 2.19. The highest BCUT2D eigenvalue weighted by Gasteiger charge is 2.25. The number of nitrogens with zero attached hydrogens (tertiary/aromatic N) is 1. The number of hydrogen-bond donors (Lipinski definition) is 0. The zero-order valence-electron chi connectivity index (χ0n) is 12.1. The number of ether oxygens (including phenoxy) is 2. The molecule has 0 aliphatic heterocycles. The van der Waals surface area contributed by atoms with E-state index in [9.17, 15) is 9.35 Å². The monoisotopic (exact) mass is 297 g/mol. The van der Waals surface area contributed by atoms with Gasteiger partial charge in [0.15, 0.2) is 6.61 Å². The number of methoxy groups -OCH3 is 1. The minimum Gasteiger partial charge on any atom is -0.591 e. The van der Waals surface area contributed by atoms with E-state index in [1.54, 1.807) is 18.2 Å². The van der Waals surface area contributed by atoms with Crippen molar-refractivity contribution >= 4 is 23.5 Å². The zero-order chi connectivity index (χ0) is 15.2. The number of hydrogen-bond acceptors (Lipinski definition) is 5. The molecular weight excluding hydrogens is 278 g/mol. The van der Waals surface area contributed by atoms with E-state index in [1.165, 1.54) is 13.3 Å². The van der Waals surface area contributed by atoms with Crippen LogP contribution in [0.5, 0.6) is 5.75 Å². The third-order valence-electron chi connectivity index (χ3n) is 2.30. The lowest BCUT2D eigenvalue weighted by Crippen LogP contribution is -2.25. The highest BCUT2D eigenvalue weighted by molar-refractivity contribution is 7.91. The maximum Gasteiger partial charge on any atom is 0.343 e. The third-order valence-corrected chi connectivity index (χ3v) is 3.65. The molecule has 0 saturated heterocycles. The molecule has 0 bridgehead atoms. The molecule has 1 atom stereocenters. The minimum atomic E-state index is -1.34. The van der Waals surface area contributed by atoms with E-state index in [2.05, 4.69) is 9.13 Å². The van der Waals surface area contributed by atoms with Gasteiger partial charge < -0.3 is 14.0 Å². The summed E-state index contributed by atoms with van der Waals surface area (Å²) in [5.74, 6) is 0.0302. The van der Waals surface area contributed by atoms with Crippen LogP contribution in [0.1, 0.15) is 26.3 Å². The molecule has 6 heteroatoms. The van der Waals surface area contributed by atoms with Gasteiger partial charge in [-0.2, -0.15) is 0 Å². The summed E-state index contributed by atoms with van der Waals surface area (Å²) in [4.78, 5) is 11.1. The summed E-state index contributed by atoms with van der Waals surface area (Å²) in [5, 5.41) is 0. The molecule has 20 heavy (non-hydrogen) atoms. The average molecular weight is 297 g/mol. The first-order valence-corrected chi connectivity index (χ1v) is 7.20. The smallest absolute Gasteiger partial charge is 0.343 e. The van der Waals surface area contributed by atoms with E-state index in [-0.39, 0.29) is 6.61 Å². The Balaban J connectivity index is 2.80. The fraction of sp³-hybridized carbons (Fsp3) is 0.429. The summed E-state index contributed by atoms with van der Waals surface area (Å²) < 4.78 is 25.3. The third kappa shape index (κ3) is 5.22. The van der Waals surface area contributed by atoms with Crippen LogP contribution in [0.15, 0.2) is 28.7 Å². The number of rotatable bonds is 5. The van der Waals surface area contributed by atoms with Crippen LogP contribution in [0.3, 0.4) is 0 Å². The van der Waals surface area contributed by atoms with Gasteiger partial charge in [0.25, 0.3) is 0 Å². The van der Waals surface area contributed by atoms with E-state index in [0.717, 1.165) is 0 Å². The second-order valence-corrected chi connectivity index (χ2v) is 6.93. The van der Waals surface area contributed by atoms with Crippen LogP contribution >= 0.6 is 0 Å². The molecule has 0 aliphatic rings. The Bertz CT molecular complexity index is 482.